The van der Waals surface area contributed by atoms with E-state index >= 15 is 0 Å². The SMILES string of the molecule is CN1CC=C2C(C)(C)C(=O)C(C#N)=C[C@]2(C)C1.Cl. The predicted molar refractivity (Wildman–Crippen MR) is 73.4 cm³/mol. The largest absolute Gasteiger partial charge is 0.302 e. The average molecular weight is 267 g/mol. The van der Waals surface area contributed by atoms with Gasteiger partial charge in [0, 0.05) is 18.5 Å². The molecule has 1 aliphatic carbocycles. The van der Waals surface area contributed by atoms with Crippen molar-refractivity contribution in [3.63, 3.8) is 0 Å². The number of hydrogen-bond donors (Lipinski definition) is 0. The number of nitriles is 1. The van der Waals surface area contributed by atoms with Crippen LogP contribution in [0.4, 0.5) is 0 Å². The van der Waals surface area contributed by atoms with Crippen molar-refractivity contribution in [1.29, 1.82) is 5.26 Å². The monoisotopic (exact) mass is 266 g/mol. The van der Waals surface area contributed by atoms with E-state index in [-0.39, 0.29) is 23.6 Å². The van der Waals surface area contributed by atoms with Crippen LogP contribution in [0.15, 0.2) is 23.3 Å². The van der Waals surface area contributed by atoms with E-state index in [0.29, 0.717) is 5.57 Å². The predicted octanol–water partition coefficient (Wildman–Crippen LogP) is 2.35. The van der Waals surface area contributed by atoms with Crippen LogP contribution in [0.1, 0.15) is 20.8 Å². The van der Waals surface area contributed by atoms with E-state index in [1.807, 2.05) is 26.0 Å². The zero-order chi connectivity index (χ0) is 12.8. The van der Waals surface area contributed by atoms with Gasteiger partial charge in [-0.2, -0.15) is 5.26 Å². The summed E-state index contributed by atoms with van der Waals surface area (Å²) in [6, 6.07) is 2.05. The molecule has 0 unspecified atom stereocenters. The highest BCUT2D eigenvalue weighted by atomic mass is 35.5. The summed E-state index contributed by atoms with van der Waals surface area (Å²) in [6.07, 6.45) is 3.99. The van der Waals surface area contributed by atoms with Gasteiger partial charge in [0.25, 0.3) is 0 Å². The molecule has 1 atom stereocenters. The van der Waals surface area contributed by atoms with Crippen molar-refractivity contribution in [2.24, 2.45) is 10.8 Å². The van der Waals surface area contributed by atoms with E-state index in [4.69, 9.17) is 5.26 Å². The number of halogens is 1. The Morgan fingerprint density at radius 3 is 2.56 bits per heavy atom. The van der Waals surface area contributed by atoms with E-state index in [2.05, 4.69) is 24.9 Å². The zero-order valence-electron chi connectivity index (χ0n) is 11.3. The van der Waals surface area contributed by atoms with Gasteiger partial charge in [0.1, 0.15) is 6.07 Å². The Bertz CT molecular complexity index is 485. The van der Waals surface area contributed by atoms with Gasteiger partial charge in [-0.3, -0.25) is 4.79 Å². The maximum absolute atomic E-state index is 12.2. The molecule has 3 nitrogen and oxygen atoms in total. The lowest BCUT2D eigenvalue weighted by Gasteiger charge is -2.46. The lowest BCUT2D eigenvalue weighted by atomic mass is 9.60. The van der Waals surface area contributed by atoms with Crippen molar-refractivity contribution in [3.8, 4) is 6.07 Å². The molecule has 0 amide bonds. The molecule has 0 N–H and O–H groups in total. The smallest absolute Gasteiger partial charge is 0.182 e. The average Bonchev–Trinajstić information content (AvgIpc) is 2.23. The maximum Gasteiger partial charge on any atom is 0.182 e. The molecule has 1 aliphatic heterocycles. The van der Waals surface area contributed by atoms with Crippen LogP contribution in [0.3, 0.4) is 0 Å². The highest BCUT2D eigenvalue weighted by Gasteiger charge is 2.48. The summed E-state index contributed by atoms with van der Waals surface area (Å²) in [5.41, 5.74) is 0.739. The fourth-order valence-corrected chi connectivity index (χ4v) is 3.21. The molecule has 0 spiro atoms. The van der Waals surface area contributed by atoms with Crippen LogP contribution in [-0.2, 0) is 4.79 Å². The Morgan fingerprint density at radius 2 is 2.00 bits per heavy atom. The summed E-state index contributed by atoms with van der Waals surface area (Å²) < 4.78 is 0. The summed E-state index contributed by atoms with van der Waals surface area (Å²) in [6.45, 7) is 7.70. The van der Waals surface area contributed by atoms with Crippen LogP contribution in [0, 0.1) is 22.2 Å². The van der Waals surface area contributed by atoms with Crippen molar-refractivity contribution in [3.05, 3.63) is 23.3 Å². The number of ketones is 1. The third-order valence-electron chi connectivity index (χ3n) is 3.89. The summed E-state index contributed by atoms with van der Waals surface area (Å²) >= 11 is 0. The first-order valence-corrected chi connectivity index (χ1v) is 5.89. The van der Waals surface area contributed by atoms with Crippen molar-refractivity contribution in [2.45, 2.75) is 20.8 Å². The van der Waals surface area contributed by atoms with Gasteiger partial charge in [0.2, 0.25) is 0 Å². The zero-order valence-corrected chi connectivity index (χ0v) is 12.1. The molecule has 0 saturated carbocycles. The third kappa shape index (κ3) is 2.00. The molecule has 0 aromatic heterocycles. The molecule has 18 heavy (non-hydrogen) atoms. The minimum atomic E-state index is -0.546. The third-order valence-corrected chi connectivity index (χ3v) is 3.89. The normalized spacial score (nSPS) is 30.5. The van der Waals surface area contributed by atoms with Crippen LogP contribution in [0.2, 0.25) is 0 Å². The number of carbonyl (C=O) groups is 1. The van der Waals surface area contributed by atoms with Gasteiger partial charge in [-0.05, 0) is 26.5 Å². The van der Waals surface area contributed by atoms with E-state index < -0.39 is 5.41 Å². The van der Waals surface area contributed by atoms with Crippen molar-refractivity contribution >= 4 is 18.2 Å². The highest BCUT2D eigenvalue weighted by molar-refractivity contribution is 6.06. The van der Waals surface area contributed by atoms with Gasteiger partial charge < -0.3 is 4.90 Å². The van der Waals surface area contributed by atoms with Gasteiger partial charge in [0.05, 0.1) is 11.0 Å². The molecule has 0 saturated heterocycles. The molecule has 1 heterocycles. The van der Waals surface area contributed by atoms with Gasteiger partial charge in [-0.25, -0.2) is 0 Å². The second kappa shape index (κ2) is 4.53. The number of hydrogen-bond acceptors (Lipinski definition) is 3. The van der Waals surface area contributed by atoms with Crippen LogP contribution in [0.25, 0.3) is 0 Å². The molecule has 0 radical (unpaired) electrons. The molecule has 0 aromatic rings. The van der Waals surface area contributed by atoms with Crippen LogP contribution in [0.5, 0.6) is 0 Å². The molecule has 0 bridgehead atoms. The quantitative estimate of drug-likeness (QED) is 0.632. The number of carbonyl (C=O) groups excluding carboxylic acids is 1. The second-order valence-corrected chi connectivity index (χ2v) is 5.86. The molecule has 2 aliphatic rings. The van der Waals surface area contributed by atoms with E-state index in [1.54, 1.807) is 0 Å². The van der Waals surface area contributed by atoms with Crippen LogP contribution in [-0.4, -0.2) is 30.8 Å². The summed E-state index contributed by atoms with van der Waals surface area (Å²) in [7, 11) is 2.06. The van der Waals surface area contributed by atoms with Gasteiger partial charge in [-0.15, -0.1) is 12.4 Å². The summed E-state index contributed by atoms with van der Waals surface area (Å²) in [5.74, 6) is -0.0479. The molecule has 4 heteroatoms. The summed E-state index contributed by atoms with van der Waals surface area (Å²) in [5, 5.41) is 9.09. The van der Waals surface area contributed by atoms with Crippen LogP contribution >= 0.6 is 12.4 Å². The topological polar surface area (TPSA) is 44.1 Å². The number of Topliss-reactive ketones (excluding diaryl/α,β-unsaturated/α-hetero) is 1. The first-order valence-electron chi connectivity index (χ1n) is 5.89. The van der Waals surface area contributed by atoms with Gasteiger partial charge >= 0.3 is 0 Å². The number of rotatable bonds is 0. The van der Waals surface area contributed by atoms with Gasteiger partial charge in [0.15, 0.2) is 5.78 Å². The first-order chi connectivity index (χ1) is 7.81. The molecule has 0 fully saturated rings. The van der Waals surface area contributed by atoms with Gasteiger partial charge in [-0.1, -0.05) is 19.1 Å². The number of fused-ring (bicyclic) bond motifs is 1. The Labute approximate surface area is 115 Å². The molecule has 2 rings (SSSR count). The highest BCUT2D eigenvalue weighted by Crippen LogP contribution is 2.49. The minimum absolute atomic E-state index is 0. The van der Waals surface area contributed by atoms with E-state index in [9.17, 15) is 4.79 Å². The maximum atomic E-state index is 12.2. The Hall–Kier alpha value is -1.11. The lowest BCUT2D eigenvalue weighted by Crippen LogP contribution is -2.48. The first kappa shape index (κ1) is 14.9. The van der Waals surface area contributed by atoms with E-state index in [0.717, 1.165) is 18.7 Å². The number of likely N-dealkylation sites (N-methyl/N-ethyl adjacent to an activating group) is 1. The minimum Gasteiger partial charge on any atom is -0.302 e. The Morgan fingerprint density at radius 1 is 1.39 bits per heavy atom. The van der Waals surface area contributed by atoms with Crippen molar-refractivity contribution in [2.75, 3.05) is 20.1 Å². The fraction of sp³-hybridized carbons (Fsp3) is 0.571. The molecule has 98 valence electrons. The van der Waals surface area contributed by atoms with Crippen molar-refractivity contribution in [1.82, 2.24) is 4.90 Å². The molecular formula is C14H19ClN2O. The Balaban J connectivity index is 0.00000162. The van der Waals surface area contributed by atoms with Crippen LogP contribution < -0.4 is 0 Å². The second-order valence-electron chi connectivity index (χ2n) is 5.86. The van der Waals surface area contributed by atoms with Crippen molar-refractivity contribution < 1.29 is 4.79 Å². The lowest BCUT2D eigenvalue weighted by molar-refractivity contribution is -0.122. The molecular weight excluding hydrogens is 248 g/mol. The number of nitrogens with zero attached hydrogens (tertiary/aromatic N) is 2. The standard InChI is InChI=1S/C14H18N2O.ClH/c1-13(2)11-5-6-16(4)9-14(11,3)7-10(8-15)12(13)17;/h5,7H,6,9H2,1-4H3;1H/t14-;/m1./s1. The van der Waals surface area contributed by atoms with E-state index in [1.165, 1.54) is 0 Å². The molecule has 0 aromatic carbocycles. The summed E-state index contributed by atoms with van der Waals surface area (Å²) in [4.78, 5) is 14.4. The Kier molecular flexibility index (Phi) is 3.76. The number of allylic oxidation sites excluding steroid dienone is 1. The fourth-order valence-electron chi connectivity index (χ4n) is 3.21.